The van der Waals surface area contributed by atoms with E-state index in [4.69, 9.17) is 10.5 Å². The highest BCUT2D eigenvalue weighted by Crippen LogP contribution is 2.17. The molecule has 1 heterocycles. The fourth-order valence-corrected chi connectivity index (χ4v) is 2.69. The molecule has 7 nitrogen and oxygen atoms in total. The van der Waals surface area contributed by atoms with Crippen molar-refractivity contribution in [2.75, 3.05) is 31.5 Å². The Morgan fingerprint density at radius 1 is 1.61 bits per heavy atom. The fourth-order valence-electron chi connectivity index (χ4n) is 0.946. The minimum atomic E-state index is -3.62. The van der Waals surface area contributed by atoms with Crippen molar-refractivity contribution in [1.29, 1.82) is 0 Å². The van der Waals surface area contributed by atoms with Crippen molar-refractivity contribution in [2.24, 2.45) is 5.73 Å². The highest BCUT2D eigenvalue weighted by Gasteiger charge is 2.11. The molecule has 1 aromatic rings. The number of hydrogen-bond donors (Lipinski definition) is 3. The van der Waals surface area contributed by atoms with E-state index >= 15 is 0 Å². The second kappa shape index (κ2) is 7.30. The number of thiazole rings is 1. The van der Waals surface area contributed by atoms with Crippen molar-refractivity contribution in [3.05, 3.63) is 11.1 Å². The molecule has 0 saturated heterocycles. The van der Waals surface area contributed by atoms with Gasteiger partial charge < -0.3 is 10.5 Å². The molecule has 1 rings (SSSR count). The summed E-state index contributed by atoms with van der Waals surface area (Å²) in [4.78, 5) is 4.54. The minimum absolute atomic E-state index is 0.192. The Labute approximate surface area is 110 Å². The number of methoxy groups -OCH3 is 1. The third-order valence-corrected chi connectivity index (χ3v) is 3.64. The zero-order valence-corrected chi connectivity index (χ0v) is 11.4. The summed E-state index contributed by atoms with van der Waals surface area (Å²) < 4.78 is 32.4. The zero-order valence-electron chi connectivity index (χ0n) is 9.76. The number of rotatable bonds is 6. The summed E-state index contributed by atoms with van der Waals surface area (Å²) in [6.07, 6.45) is 1.49. The summed E-state index contributed by atoms with van der Waals surface area (Å²) in [6, 6.07) is 0. The number of nitrogens with two attached hydrogens (primary N) is 1. The first kappa shape index (κ1) is 14.9. The molecule has 0 aliphatic rings. The maximum atomic E-state index is 11.5. The van der Waals surface area contributed by atoms with Gasteiger partial charge in [0.1, 0.15) is 0 Å². The largest absolute Gasteiger partial charge is 0.383 e. The lowest BCUT2D eigenvalue weighted by molar-refractivity contribution is 0.204. The topological polar surface area (TPSA) is 106 Å². The van der Waals surface area contributed by atoms with Crippen LogP contribution in [0.4, 0.5) is 5.13 Å². The van der Waals surface area contributed by atoms with Gasteiger partial charge in [-0.15, -0.1) is 0 Å². The van der Waals surface area contributed by atoms with E-state index in [0.29, 0.717) is 11.5 Å². The SMILES string of the molecule is COCCNS(=O)(=O)Nc1ncc(C#CCN)s1. The molecule has 0 atom stereocenters. The summed E-state index contributed by atoms with van der Waals surface area (Å²) in [6.45, 7) is 0.737. The number of nitrogens with one attached hydrogen (secondary N) is 2. The number of nitrogens with zero attached hydrogens (tertiary/aromatic N) is 1. The fraction of sp³-hybridized carbons (Fsp3) is 0.444. The Kier molecular flexibility index (Phi) is 6.03. The Bertz CT molecular complexity index is 529. The lowest BCUT2D eigenvalue weighted by Gasteiger charge is -2.05. The van der Waals surface area contributed by atoms with Gasteiger partial charge in [0.15, 0.2) is 5.13 Å². The molecule has 0 amide bonds. The quantitative estimate of drug-likeness (QED) is 0.476. The van der Waals surface area contributed by atoms with Gasteiger partial charge in [-0.1, -0.05) is 23.2 Å². The minimum Gasteiger partial charge on any atom is -0.383 e. The van der Waals surface area contributed by atoms with Crippen LogP contribution in [0.1, 0.15) is 4.88 Å². The van der Waals surface area contributed by atoms with Gasteiger partial charge in [-0.25, -0.2) is 9.71 Å². The lowest BCUT2D eigenvalue weighted by atomic mass is 10.5. The van der Waals surface area contributed by atoms with Gasteiger partial charge in [-0.3, -0.25) is 0 Å². The van der Waals surface area contributed by atoms with Crippen molar-refractivity contribution in [1.82, 2.24) is 9.71 Å². The average molecular weight is 290 g/mol. The van der Waals surface area contributed by atoms with E-state index in [1.165, 1.54) is 13.3 Å². The molecular weight excluding hydrogens is 276 g/mol. The van der Waals surface area contributed by atoms with Crippen LogP contribution in [-0.2, 0) is 14.9 Å². The molecule has 0 saturated carbocycles. The molecule has 0 aliphatic carbocycles. The van der Waals surface area contributed by atoms with Gasteiger partial charge in [0.25, 0.3) is 0 Å². The number of hydrogen-bond acceptors (Lipinski definition) is 6. The summed E-state index contributed by atoms with van der Waals surface area (Å²) >= 11 is 1.14. The van der Waals surface area contributed by atoms with Crippen molar-refractivity contribution < 1.29 is 13.2 Å². The molecule has 0 aromatic carbocycles. The van der Waals surface area contributed by atoms with E-state index in [1.807, 2.05) is 0 Å². The van der Waals surface area contributed by atoms with Gasteiger partial charge in [0, 0.05) is 13.7 Å². The number of ether oxygens (including phenoxy) is 1. The summed E-state index contributed by atoms with van der Waals surface area (Å²) in [5.41, 5.74) is 5.23. The monoisotopic (exact) mass is 290 g/mol. The molecule has 4 N–H and O–H groups in total. The zero-order chi connectivity index (χ0) is 13.4. The molecule has 0 radical (unpaired) electrons. The van der Waals surface area contributed by atoms with Crippen molar-refractivity contribution in [3.8, 4) is 11.8 Å². The molecule has 1 aromatic heterocycles. The van der Waals surface area contributed by atoms with Crippen LogP contribution in [0.2, 0.25) is 0 Å². The molecule has 0 fully saturated rings. The van der Waals surface area contributed by atoms with Crippen molar-refractivity contribution >= 4 is 26.7 Å². The molecule has 0 unspecified atom stereocenters. The van der Waals surface area contributed by atoms with Crippen LogP contribution in [0.3, 0.4) is 0 Å². The van der Waals surface area contributed by atoms with Crippen molar-refractivity contribution in [2.45, 2.75) is 0 Å². The number of anilines is 1. The van der Waals surface area contributed by atoms with Crippen LogP contribution in [0.5, 0.6) is 0 Å². The molecular formula is C9H14N4O3S2. The maximum absolute atomic E-state index is 11.5. The van der Waals surface area contributed by atoms with Crippen LogP contribution in [0.15, 0.2) is 6.20 Å². The first-order valence-electron chi connectivity index (χ1n) is 4.98. The third kappa shape index (κ3) is 5.44. The molecule has 0 aliphatic heterocycles. The lowest BCUT2D eigenvalue weighted by Crippen LogP contribution is -2.32. The van der Waals surface area contributed by atoms with Gasteiger partial charge >= 0.3 is 10.2 Å². The molecule has 0 spiro atoms. The second-order valence-electron chi connectivity index (χ2n) is 3.03. The van der Waals surface area contributed by atoms with Gasteiger partial charge in [-0.05, 0) is 0 Å². The van der Waals surface area contributed by atoms with E-state index in [9.17, 15) is 8.42 Å². The molecule has 9 heteroatoms. The van der Waals surface area contributed by atoms with E-state index in [0.717, 1.165) is 11.3 Å². The molecule has 18 heavy (non-hydrogen) atoms. The normalized spacial score (nSPS) is 10.8. The van der Waals surface area contributed by atoms with Crippen LogP contribution in [0, 0.1) is 11.8 Å². The average Bonchev–Trinajstić information content (AvgIpc) is 2.73. The van der Waals surface area contributed by atoms with Crippen LogP contribution in [-0.4, -0.2) is 40.2 Å². The smallest absolute Gasteiger partial charge is 0.300 e. The third-order valence-electron chi connectivity index (χ3n) is 1.64. The highest BCUT2D eigenvalue weighted by atomic mass is 32.2. The maximum Gasteiger partial charge on any atom is 0.300 e. The first-order valence-corrected chi connectivity index (χ1v) is 7.28. The predicted octanol–water partition coefficient (Wildman–Crippen LogP) is -0.654. The van der Waals surface area contributed by atoms with E-state index in [-0.39, 0.29) is 18.2 Å². The van der Waals surface area contributed by atoms with E-state index in [2.05, 4.69) is 26.3 Å². The second-order valence-corrected chi connectivity index (χ2v) is 5.56. The standard InChI is InChI=1S/C9H14N4O3S2/c1-16-6-5-12-18(14,15)13-9-11-7-8(17-9)3-2-4-10/h7,12H,4-6,10H2,1H3,(H,11,13). The van der Waals surface area contributed by atoms with E-state index < -0.39 is 10.2 Å². The van der Waals surface area contributed by atoms with Crippen LogP contribution < -0.4 is 15.2 Å². The Hall–Kier alpha value is -1.18. The van der Waals surface area contributed by atoms with Crippen LogP contribution >= 0.6 is 11.3 Å². The summed E-state index contributed by atoms with van der Waals surface area (Å²) in [5.74, 6) is 5.43. The molecule has 0 bridgehead atoms. The van der Waals surface area contributed by atoms with Gasteiger partial charge in [0.05, 0.1) is 24.2 Å². The van der Waals surface area contributed by atoms with E-state index in [1.54, 1.807) is 0 Å². The summed E-state index contributed by atoms with van der Waals surface area (Å²) in [7, 11) is -2.13. The molecule has 100 valence electrons. The van der Waals surface area contributed by atoms with Crippen molar-refractivity contribution in [3.63, 3.8) is 0 Å². The highest BCUT2D eigenvalue weighted by molar-refractivity contribution is 7.91. The number of aromatic nitrogens is 1. The Morgan fingerprint density at radius 3 is 3.06 bits per heavy atom. The Morgan fingerprint density at radius 2 is 2.39 bits per heavy atom. The first-order chi connectivity index (χ1) is 8.57. The predicted molar refractivity (Wildman–Crippen MR) is 70.5 cm³/mol. The summed E-state index contributed by atoms with van der Waals surface area (Å²) in [5, 5.41) is 0.251. The van der Waals surface area contributed by atoms with Crippen LogP contribution in [0.25, 0.3) is 0 Å². The Balaban J connectivity index is 2.58. The van der Waals surface area contributed by atoms with Gasteiger partial charge in [0.2, 0.25) is 0 Å². The van der Waals surface area contributed by atoms with Gasteiger partial charge in [-0.2, -0.15) is 13.1 Å².